The zero-order chi connectivity index (χ0) is 31.6. The number of alkyl halides is 3. The third-order valence-electron chi connectivity index (χ3n) is 8.22. The first-order chi connectivity index (χ1) is 21.8. The second-order valence-electron chi connectivity index (χ2n) is 11.5. The molecule has 244 valence electrons. The van der Waals surface area contributed by atoms with Gasteiger partial charge in [-0.25, -0.2) is 0 Å². The van der Waals surface area contributed by atoms with E-state index >= 15 is 0 Å². The Bertz CT molecular complexity index is 1490. The minimum absolute atomic E-state index is 0. The zero-order valence-corrected chi connectivity index (χ0v) is 27.2. The fourth-order valence-electron chi connectivity index (χ4n) is 5.91. The van der Waals surface area contributed by atoms with Gasteiger partial charge in [-0.1, -0.05) is 96.5 Å². The van der Waals surface area contributed by atoms with Gasteiger partial charge in [0.25, 0.3) is 0 Å². The Morgan fingerprint density at radius 1 is 0.870 bits per heavy atom. The van der Waals surface area contributed by atoms with Crippen molar-refractivity contribution in [1.29, 1.82) is 0 Å². The van der Waals surface area contributed by atoms with E-state index in [2.05, 4.69) is 29.2 Å². The molecular formula is C37H39Cl2F3N2O2. The van der Waals surface area contributed by atoms with Crippen molar-refractivity contribution in [3.63, 3.8) is 0 Å². The van der Waals surface area contributed by atoms with Gasteiger partial charge in [0.1, 0.15) is 5.75 Å². The van der Waals surface area contributed by atoms with Crippen molar-refractivity contribution in [2.75, 3.05) is 32.8 Å². The molecule has 1 amide bonds. The minimum Gasteiger partial charge on any atom is -0.494 e. The van der Waals surface area contributed by atoms with E-state index in [1.807, 2.05) is 65.6 Å². The van der Waals surface area contributed by atoms with E-state index < -0.39 is 11.7 Å². The molecule has 0 spiro atoms. The third-order valence-corrected chi connectivity index (χ3v) is 8.67. The van der Waals surface area contributed by atoms with Gasteiger partial charge in [0.15, 0.2) is 0 Å². The fraction of sp³-hybridized carbons (Fsp3) is 0.324. The molecule has 1 aliphatic rings. The molecule has 4 nitrogen and oxygen atoms in total. The topological polar surface area (TPSA) is 32.8 Å². The smallest absolute Gasteiger partial charge is 0.417 e. The Morgan fingerprint density at radius 2 is 1.50 bits per heavy atom. The molecule has 1 saturated heterocycles. The molecule has 0 radical (unpaired) electrons. The van der Waals surface area contributed by atoms with Gasteiger partial charge in [-0.05, 0) is 59.7 Å². The van der Waals surface area contributed by atoms with Gasteiger partial charge >= 0.3 is 6.18 Å². The first kappa shape index (κ1) is 35.3. The second-order valence-corrected chi connectivity index (χ2v) is 11.9. The van der Waals surface area contributed by atoms with Crippen molar-refractivity contribution >= 4 is 29.9 Å². The van der Waals surface area contributed by atoms with E-state index in [1.54, 1.807) is 6.07 Å². The Hall–Kier alpha value is -3.52. The van der Waals surface area contributed by atoms with E-state index in [0.29, 0.717) is 43.9 Å². The monoisotopic (exact) mass is 670 g/mol. The number of ether oxygens (including phenoxy) is 1. The molecule has 0 N–H and O–H groups in total. The van der Waals surface area contributed by atoms with Gasteiger partial charge in [0.2, 0.25) is 5.91 Å². The van der Waals surface area contributed by atoms with Crippen LogP contribution in [0.2, 0.25) is 5.02 Å². The predicted molar refractivity (Wildman–Crippen MR) is 180 cm³/mol. The Labute approximate surface area is 280 Å². The van der Waals surface area contributed by atoms with E-state index in [0.717, 1.165) is 48.7 Å². The number of likely N-dealkylation sites (tertiary alicyclic amines) is 1. The van der Waals surface area contributed by atoms with Crippen molar-refractivity contribution in [2.24, 2.45) is 0 Å². The summed E-state index contributed by atoms with van der Waals surface area (Å²) in [7, 11) is 0. The highest BCUT2D eigenvalue weighted by atomic mass is 35.5. The minimum atomic E-state index is -4.53. The molecule has 1 fully saturated rings. The summed E-state index contributed by atoms with van der Waals surface area (Å²) in [5, 5.41) is -0.262. The normalized spacial score (nSPS) is 13.2. The third kappa shape index (κ3) is 9.74. The highest BCUT2D eigenvalue weighted by Gasteiger charge is 2.34. The molecule has 0 unspecified atom stereocenters. The fourth-order valence-corrected chi connectivity index (χ4v) is 6.20. The van der Waals surface area contributed by atoms with Crippen LogP contribution in [0.1, 0.15) is 53.0 Å². The molecule has 9 heteroatoms. The maximum Gasteiger partial charge on any atom is 0.417 e. The van der Waals surface area contributed by atoms with Crippen molar-refractivity contribution in [2.45, 2.75) is 44.3 Å². The zero-order valence-electron chi connectivity index (χ0n) is 25.6. The summed E-state index contributed by atoms with van der Waals surface area (Å²) in [5.41, 5.74) is 2.78. The van der Waals surface area contributed by atoms with Crippen LogP contribution in [-0.2, 0) is 23.9 Å². The van der Waals surface area contributed by atoms with Crippen LogP contribution in [0.5, 0.6) is 5.75 Å². The molecule has 1 aliphatic heterocycles. The molecule has 0 aliphatic carbocycles. The quantitative estimate of drug-likeness (QED) is 0.133. The second kappa shape index (κ2) is 16.9. The molecule has 1 heterocycles. The van der Waals surface area contributed by atoms with Crippen molar-refractivity contribution < 1.29 is 22.7 Å². The lowest BCUT2D eigenvalue weighted by molar-refractivity contribution is -0.137. The summed E-state index contributed by atoms with van der Waals surface area (Å²) in [6.07, 6.45) is -1.42. The van der Waals surface area contributed by atoms with Gasteiger partial charge in [-0.3, -0.25) is 9.69 Å². The van der Waals surface area contributed by atoms with Gasteiger partial charge in [0.05, 0.1) is 23.6 Å². The van der Waals surface area contributed by atoms with E-state index in [9.17, 15) is 18.0 Å². The van der Waals surface area contributed by atoms with E-state index in [4.69, 9.17) is 16.3 Å². The summed E-state index contributed by atoms with van der Waals surface area (Å²) in [4.78, 5) is 16.7. The molecule has 0 bridgehead atoms. The molecule has 4 aromatic carbocycles. The van der Waals surface area contributed by atoms with Gasteiger partial charge in [-0.2, -0.15) is 13.2 Å². The summed E-state index contributed by atoms with van der Waals surface area (Å²) < 4.78 is 47.1. The maximum atomic E-state index is 13.7. The van der Waals surface area contributed by atoms with Gasteiger partial charge in [-0.15, -0.1) is 12.4 Å². The number of carbonyl (C=O) groups is 1. The summed E-state index contributed by atoms with van der Waals surface area (Å²) in [5.74, 6) is 0.836. The molecular weight excluding hydrogens is 632 g/mol. The molecule has 0 saturated carbocycles. The number of amides is 1. The molecule has 46 heavy (non-hydrogen) atoms. The first-order valence-corrected chi connectivity index (χ1v) is 15.8. The van der Waals surface area contributed by atoms with Crippen LogP contribution >= 0.6 is 24.0 Å². The standard InChI is InChI=1S/C37H38ClF3N2O2.ClH/c38-36-31(17-10-19-34(36)37(39,40)41)26-42(27-33(29-13-3-1-4-14-29)30-15-5-2-6-16-30)20-11-23-45-32-18-9-12-28(24-32)25-35(44)43-21-7-8-22-43;/h1-6,9-10,12-19,24,33H,7-8,11,20-23,25-27H2;1H. The number of carbonyl (C=O) groups excluding carboxylic acids is 1. The Morgan fingerprint density at radius 3 is 2.13 bits per heavy atom. The average molecular weight is 672 g/mol. The van der Waals surface area contributed by atoms with Gasteiger partial charge < -0.3 is 9.64 Å². The van der Waals surface area contributed by atoms with E-state index in [-0.39, 0.29) is 35.8 Å². The van der Waals surface area contributed by atoms with Crippen LogP contribution in [0.25, 0.3) is 0 Å². The molecule has 0 atom stereocenters. The SMILES string of the molecule is Cl.O=C(Cc1cccc(OCCCN(Cc2cccc(C(F)(F)F)c2Cl)CC(c2ccccc2)c2ccccc2)c1)N1CCCC1. The summed E-state index contributed by atoms with van der Waals surface area (Å²) >= 11 is 6.34. The lowest BCUT2D eigenvalue weighted by Gasteiger charge is -2.29. The summed E-state index contributed by atoms with van der Waals surface area (Å²) in [6, 6.07) is 32.0. The molecule has 0 aromatic heterocycles. The van der Waals surface area contributed by atoms with Crippen molar-refractivity contribution in [1.82, 2.24) is 9.80 Å². The molecule has 4 aromatic rings. The van der Waals surface area contributed by atoms with Crippen LogP contribution in [0, 0.1) is 0 Å². The van der Waals surface area contributed by atoms with Crippen molar-refractivity contribution in [3.05, 3.63) is 136 Å². The Kier molecular flexibility index (Phi) is 13.0. The van der Waals surface area contributed by atoms with Gasteiger partial charge in [0, 0.05) is 38.6 Å². The maximum absolute atomic E-state index is 13.7. The molecule has 5 rings (SSSR count). The van der Waals surface area contributed by atoms with Crippen LogP contribution in [0.15, 0.2) is 103 Å². The van der Waals surface area contributed by atoms with Crippen LogP contribution in [-0.4, -0.2) is 48.5 Å². The lowest BCUT2D eigenvalue weighted by Crippen LogP contribution is -2.31. The first-order valence-electron chi connectivity index (χ1n) is 15.4. The highest BCUT2D eigenvalue weighted by Crippen LogP contribution is 2.37. The number of halogens is 5. The number of hydrogen-bond acceptors (Lipinski definition) is 3. The van der Waals surface area contributed by atoms with Crippen LogP contribution in [0.3, 0.4) is 0 Å². The predicted octanol–water partition coefficient (Wildman–Crippen LogP) is 9.05. The number of nitrogens with zero attached hydrogens (tertiary/aromatic N) is 2. The average Bonchev–Trinajstić information content (AvgIpc) is 3.59. The Balaban J connectivity index is 0.00000480. The summed E-state index contributed by atoms with van der Waals surface area (Å²) in [6.45, 7) is 3.48. The highest BCUT2D eigenvalue weighted by molar-refractivity contribution is 6.32. The number of rotatable bonds is 13. The largest absolute Gasteiger partial charge is 0.494 e. The van der Waals surface area contributed by atoms with Crippen molar-refractivity contribution in [3.8, 4) is 5.75 Å². The van der Waals surface area contributed by atoms with E-state index in [1.165, 1.54) is 6.07 Å². The number of benzene rings is 4. The number of hydrogen-bond donors (Lipinski definition) is 0. The van der Waals surface area contributed by atoms with Crippen LogP contribution < -0.4 is 4.74 Å². The van der Waals surface area contributed by atoms with Crippen LogP contribution in [0.4, 0.5) is 13.2 Å². The lowest BCUT2D eigenvalue weighted by atomic mass is 9.90.